The van der Waals surface area contributed by atoms with Crippen LogP contribution < -0.4 is 15.5 Å². The molecule has 33 heavy (non-hydrogen) atoms. The molecular formula is C23H25BrN4O4S. The quantitative estimate of drug-likeness (QED) is 0.478. The van der Waals surface area contributed by atoms with E-state index in [9.17, 15) is 14.4 Å². The second-order valence-corrected chi connectivity index (χ2v) is 8.60. The fourth-order valence-corrected chi connectivity index (χ4v) is 3.92. The van der Waals surface area contributed by atoms with Crippen molar-refractivity contribution in [3.05, 3.63) is 58.6 Å². The number of ether oxygens (including phenoxy) is 1. The topological polar surface area (TPSA) is 91.0 Å². The van der Waals surface area contributed by atoms with Crippen molar-refractivity contribution in [1.82, 2.24) is 15.3 Å². The summed E-state index contributed by atoms with van der Waals surface area (Å²) in [5.41, 5.74) is 3.66. The highest BCUT2D eigenvalue weighted by Crippen LogP contribution is 2.21. The minimum atomic E-state index is -0.941. The molecule has 1 saturated heterocycles. The molecule has 2 aromatic rings. The van der Waals surface area contributed by atoms with Crippen LogP contribution in [0.5, 0.6) is 5.75 Å². The Hall–Kier alpha value is -2.98. The standard InChI is InChI=1S/C23H25BrN4O4S/c1-3-13-32-18-11-9-17(10-12-18)25-20(29)14-19-22(31)27(4-2)23(33)28(19)26-21(30)15-5-7-16(24)8-6-15/h5-12,19H,3-4,13-14H2,1-2H3,(H,25,29)(H,26,30). The van der Waals surface area contributed by atoms with E-state index in [-0.39, 0.29) is 23.3 Å². The summed E-state index contributed by atoms with van der Waals surface area (Å²) in [7, 11) is 0. The summed E-state index contributed by atoms with van der Waals surface area (Å²) in [6, 6.07) is 12.8. The zero-order valence-electron chi connectivity index (χ0n) is 18.3. The molecule has 1 atom stereocenters. The third kappa shape index (κ3) is 6.08. The molecule has 2 aromatic carbocycles. The van der Waals surface area contributed by atoms with Gasteiger partial charge in [0.2, 0.25) is 5.91 Å². The summed E-state index contributed by atoms with van der Waals surface area (Å²) in [5, 5.41) is 4.23. The SMILES string of the molecule is CCCOc1ccc(NC(=O)CC2C(=O)N(CC)C(=S)N2NC(=O)c2ccc(Br)cc2)cc1. The third-order valence-corrected chi connectivity index (χ3v) is 5.88. The molecule has 0 spiro atoms. The fraction of sp³-hybridized carbons (Fsp3) is 0.304. The van der Waals surface area contributed by atoms with Gasteiger partial charge in [0.1, 0.15) is 11.8 Å². The predicted molar refractivity (Wildman–Crippen MR) is 133 cm³/mol. The lowest BCUT2D eigenvalue weighted by Gasteiger charge is -2.24. The number of nitrogens with zero attached hydrogens (tertiary/aromatic N) is 2. The van der Waals surface area contributed by atoms with Crippen molar-refractivity contribution < 1.29 is 19.1 Å². The van der Waals surface area contributed by atoms with E-state index in [1.54, 1.807) is 55.5 Å². The Kier molecular flexibility index (Phi) is 8.40. The van der Waals surface area contributed by atoms with Gasteiger partial charge >= 0.3 is 0 Å². The van der Waals surface area contributed by atoms with Gasteiger partial charge in [-0.25, -0.2) is 5.01 Å². The Morgan fingerprint density at radius 1 is 1.09 bits per heavy atom. The molecule has 10 heteroatoms. The van der Waals surface area contributed by atoms with Gasteiger partial charge in [0.15, 0.2) is 5.11 Å². The zero-order valence-corrected chi connectivity index (χ0v) is 20.7. The van der Waals surface area contributed by atoms with Gasteiger partial charge in [-0.15, -0.1) is 0 Å². The largest absolute Gasteiger partial charge is 0.494 e. The van der Waals surface area contributed by atoms with Crippen LogP contribution >= 0.6 is 28.1 Å². The number of nitrogens with one attached hydrogen (secondary N) is 2. The van der Waals surface area contributed by atoms with Crippen molar-refractivity contribution in [3.8, 4) is 5.75 Å². The first kappa shape index (κ1) is 24.7. The Balaban J connectivity index is 1.69. The van der Waals surface area contributed by atoms with Crippen LogP contribution in [0.25, 0.3) is 0 Å². The van der Waals surface area contributed by atoms with E-state index in [1.807, 2.05) is 6.92 Å². The molecular weight excluding hydrogens is 508 g/mol. The zero-order chi connectivity index (χ0) is 24.0. The van der Waals surface area contributed by atoms with Gasteiger partial charge in [-0.1, -0.05) is 22.9 Å². The number of carbonyl (C=O) groups excluding carboxylic acids is 3. The molecule has 3 rings (SSSR count). The van der Waals surface area contributed by atoms with Gasteiger partial charge in [-0.05, 0) is 74.1 Å². The smallest absolute Gasteiger partial charge is 0.269 e. The van der Waals surface area contributed by atoms with E-state index in [1.165, 1.54) is 9.91 Å². The maximum Gasteiger partial charge on any atom is 0.269 e. The molecule has 1 unspecified atom stereocenters. The maximum atomic E-state index is 12.9. The van der Waals surface area contributed by atoms with Gasteiger partial charge in [-0.3, -0.25) is 24.7 Å². The second kappa shape index (κ2) is 11.2. The number of amides is 3. The Bertz CT molecular complexity index is 1030. The molecule has 0 aromatic heterocycles. The van der Waals surface area contributed by atoms with E-state index in [0.29, 0.717) is 30.2 Å². The summed E-state index contributed by atoms with van der Waals surface area (Å²) in [6.45, 7) is 4.75. The second-order valence-electron chi connectivity index (χ2n) is 7.32. The number of likely N-dealkylation sites (N-methyl/N-ethyl adjacent to an activating group) is 1. The van der Waals surface area contributed by atoms with Crippen LogP contribution in [0.2, 0.25) is 0 Å². The lowest BCUT2D eigenvalue weighted by Crippen LogP contribution is -2.49. The van der Waals surface area contributed by atoms with Crippen LogP contribution in [0.3, 0.4) is 0 Å². The minimum absolute atomic E-state index is 0.156. The van der Waals surface area contributed by atoms with Gasteiger partial charge in [0, 0.05) is 22.3 Å². The van der Waals surface area contributed by atoms with E-state index < -0.39 is 11.9 Å². The average Bonchev–Trinajstić information content (AvgIpc) is 3.02. The van der Waals surface area contributed by atoms with Crippen molar-refractivity contribution in [1.29, 1.82) is 0 Å². The lowest BCUT2D eigenvalue weighted by molar-refractivity contribution is -0.130. The molecule has 0 bridgehead atoms. The van der Waals surface area contributed by atoms with Crippen molar-refractivity contribution in [2.75, 3.05) is 18.5 Å². The number of benzene rings is 2. The van der Waals surface area contributed by atoms with E-state index >= 15 is 0 Å². The summed E-state index contributed by atoms with van der Waals surface area (Å²) in [4.78, 5) is 39.7. The predicted octanol–water partition coefficient (Wildman–Crippen LogP) is 3.73. The lowest BCUT2D eigenvalue weighted by atomic mass is 10.1. The van der Waals surface area contributed by atoms with Crippen LogP contribution in [-0.4, -0.2) is 51.9 Å². The highest BCUT2D eigenvalue weighted by atomic mass is 79.9. The molecule has 0 saturated carbocycles. The van der Waals surface area contributed by atoms with Crippen molar-refractivity contribution in [3.63, 3.8) is 0 Å². The molecule has 1 aliphatic heterocycles. The van der Waals surface area contributed by atoms with Crippen LogP contribution in [0.15, 0.2) is 53.0 Å². The normalized spacial score (nSPS) is 15.5. The Morgan fingerprint density at radius 2 is 1.76 bits per heavy atom. The van der Waals surface area contributed by atoms with Crippen LogP contribution in [-0.2, 0) is 9.59 Å². The van der Waals surface area contributed by atoms with Gasteiger partial charge in [0.05, 0.1) is 13.0 Å². The highest BCUT2D eigenvalue weighted by molar-refractivity contribution is 9.10. The van der Waals surface area contributed by atoms with E-state index in [0.717, 1.165) is 10.9 Å². The molecule has 2 N–H and O–H groups in total. The van der Waals surface area contributed by atoms with Gasteiger partial charge in [-0.2, -0.15) is 0 Å². The number of halogens is 1. The number of carbonyl (C=O) groups is 3. The summed E-state index contributed by atoms with van der Waals surface area (Å²) in [6.07, 6.45) is 0.726. The molecule has 3 amide bonds. The van der Waals surface area contributed by atoms with E-state index in [2.05, 4.69) is 26.7 Å². The molecule has 1 heterocycles. The molecule has 1 fully saturated rings. The highest BCUT2D eigenvalue weighted by Gasteiger charge is 2.43. The molecule has 1 aliphatic rings. The van der Waals surface area contributed by atoms with Crippen molar-refractivity contribution in [2.24, 2.45) is 0 Å². The average molecular weight is 533 g/mol. The number of hydrazine groups is 1. The van der Waals surface area contributed by atoms with Crippen LogP contribution in [0.1, 0.15) is 37.0 Å². The molecule has 0 radical (unpaired) electrons. The first-order chi connectivity index (χ1) is 15.8. The molecule has 0 aliphatic carbocycles. The first-order valence-corrected chi connectivity index (χ1v) is 11.8. The first-order valence-electron chi connectivity index (χ1n) is 10.6. The fourth-order valence-electron chi connectivity index (χ4n) is 3.26. The Morgan fingerprint density at radius 3 is 2.36 bits per heavy atom. The van der Waals surface area contributed by atoms with Crippen LogP contribution in [0, 0.1) is 0 Å². The summed E-state index contributed by atoms with van der Waals surface area (Å²) >= 11 is 8.73. The maximum absolute atomic E-state index is 12.9. The van der Waals surface area contributed by atoms with Crippen molar-refractivity contribution >= 4 is 56.7 Å². The third-order valence-electron chi connectivity index (χ3n) is 4.93. The van der Waals surface area contributed by atoms with Crippen molar-refractivity contribution in [2.45, 2.75) is 32.7 Å². The molecule has 8 nitrogen and oxygen atoms in total. The summed E-state index contributed by atoms with van der Waals surface area (Å²) < 4.78 is 6.38. The minimum Gasteiger partial charge on any atom is -0.494 e. The summed E-state index contributed by atoms with van der Waals surface area (Å²) in [5.74, 6) is -0.424. The monoisotopic (exact) mass is 532 g/mol. The number of hydrogen-bond donors (Lipinski definition) is 2. The number of thiocarbonyl (C=S) groups is 1. The Labute approximate surface area is 206 Å². The van der Waals surface area contributed by atoms with Gasteiger partial charge < -0.3 is 10.1 Å². The van der Waals surface area contributed by atoms with Crippen LogP contribution in [0.4, 0.5) is 5.69 Å². The number of anilines is 1. The number of hydrogen-bond acceptors (Lipinski definition) is 5. The van der Waals surface area contributed by atoms with Gasteiger partial charge in [0.25, 0.3) is 11.8 Å². The number of rotatable bonds is 9. The molecule has 174 valence electrons. The van der Waals surface area contributed by atoms with E-state index in [4.69, 9.17) is 17.0 Å².